The van der Waals surface area contributed by atoms with Crippen LogP contribution in [0.15, 0.2) is 18.2 Å². The van der Waals surface area contributed by atoms with E-state index in [4.69, 9.17) is 12.2 Å². The molecule has 2 fully saturated rings. The summed E-state index contributed by atoms with van der Waals surface area (Å²) in [6, 6.07) is 8.18. The number of quaternary nitrogens is 1. The molecule has 4 heteroatoms. The number of anilines is 1. The third kappa shape index (κ3) is 4.98. The van der Waals surface area contributed by atoms with Crippen LogP contribution in [0, 0.1) is 13.8 Å². The predicted molar refractivity (Wildman–Crippen MR) is 115 cm³/mol. The average Bonchev–Trinajstić information content (AvgIpc) is 2.94. The first-order chi connectivity index (χ1) is 12.5. The third-order valence-electron chi connectivity index (χ3n) is 6.68. The molecule has 1 aromatic rings. The lowest BCUT2D eigenvalue weighted by Crippen LogP contribution is -3.17. The van der Waals surface area contributed by atoms with Gasteiger partial charge in [-0.25, -0.2) is 0 Å². The van der Waals surface area contributed by atoms with Gasteiger partial charge in [0.15, 0.2) is 5.11 Å². The summed E-state index contributed by atoms with van der Waals surface area (Å²) < 4.78 is 0. The van der Waals surface area contributed by atoms with E-state index in [0.29, 0.717) is 0 Å². The molecule has 0 amide bonds. The maximum Gasteiger partial charge on any atom is 0.173 e. The van der Waals surface area contributed by atoms with Gasteiger partial charge >= 0.3 is 0 Å². The molecule has 1 aromatic carbocycles. The molecule has 2 aliphatic rings. The Balaban J connectivity index is 1.49. The summed E-state index contributed by atoms with van der Waals surface area (Å²) in [5.41, 5.74) is 3.75. The van der Waals surface area contributed by atoms with E-state index in [2.05, 4.69) is 49.3 Å². The average molecular weight is 375 g/mol. The molecule has 2 N–H and O–H groups in total. The molecule has 0 spiro atoms. The monoisotopic (exact) mass is 374 g/mol. The maximum atomic E-state index is 5.69. The second-order valence-electron chi connectivity index (χ2n) is 8.42. The summed E-state index contributed by atoms with van der Waals surface area (Å²) in [6.07, 6.45) is 11.1. The largest absolute Gasteiger partial charge is 0.349 e. The van der Waals surface area contributed by atoms with Gasteiger partial charge < -0.3 is 15.1 Å². The minimum atomic E-state index is 0.804. The first-order valence-corrected chi connectivity index (χ1v) is 10.9. The van der Waals surface area contributed by atoms with Gasteiger partial charge in [-0.1, -0.05) is 18.9 Å². The molecule has 1 unspecified atom stereocenters. The van der Waals surface area contributed by atoms with Crippen LogP contribution in [0.2, 0.25) is 0 Å². The lowest BCUT2D eigenvalue weighted by Gasteiger charge is -2.38. The van der Waals surface area contributed by atoms with Crippen LogP contribution in [0.5, 0.6) is 0 Å². The quantitative estimate of drug-likeness (QED) is 0.622. The van der Waals surface area contributed by atoms with Crippen LogP contribution in [0.25, 0.3) is 0 Å². The Morgan fingerprint density at radius 3 is 2.19 bits per heavy atom. The van der Waals surface area contributed by atoms with Crippen molar-refractivity contribution in [2.75, 3.05) is 25.5 Å². The van der Waals surface area contributed by atoms with E-state index in [1.54, 1.807) is 4.90 Å². The van der Waals surface area contributed by atoms with Crippen LogP contribution in [-0.4, -0.2) is 42.2 Å². The summed E-state index contributed by atoms with van der Waals surface area (Å²) in [5, 5.41) is 4.33. The first-order valence-electron chi connectivity index (χ1n) is 10.5. The Morgan fingerprint density at radius 1 is 0.962 bits per heavy atom. The van der Waals surface area contributed by atoms with Gasteiger partial charge in [0.05, 0.1) is 19.1 Å². The third-order valence-corrected chi connectivity index (χ3v) is 7.04. The van der Waals surface area contributed by atoms with Gasteiger partial charge in [0.2, 0.25) is 0 Å². The Hall–Kier alpha value is -1.13. The van der Waals surface area contributed by atoms with Crippen LogP contribution in [0.3, 0.4) is 0 Å². The predicted octanol–water partition coefficient (Wildman–Crippen LogP) is 3.70. The van der Waals surface area contributed by atoms with E-state index in [1.807, 2.05) is 0 Å². The van der Waals surface area contributed by atoms with E-state index in [0.717, 1.165) is 36.0 Å². The Kier molecular flexibility index (Phi) is 6.93. The van der Waals surface area contributed by atoms with Crippen molar-refractivity contribution in [1.29, 1.82) is 0 Å². The van der Waals surface area contributed by atoms with Crippen molar-refractivity contribution in [2.45, 2.75) is 77.3 Å². The SMILES string of the molecule is Cc1ccc(NC(=S)N2CCC([NH+](C)C3CCCCCC3)CC2)cc1C. The molecule has 1 atom stereocenters. The molecular formula is C22H36N3S+. The molecule has 1 saturated carbocycles. The minimum Gasteiger partial charge on any atom is -0.349 e. The lowest BCUT2D eigenvalue weighted by molar-refractivity contribution is -0.933. The molecule has 1 saturated heterocycles. The van der Waals surface area contributed by atoms with Gasteiger partial charge in [-0.05, 0) is 75.0 Å². The summed E-state index contributed by atoms with van der Waals surface area (Å²) in [6.45, 7) is 6.48. The van der Waals surface area contributed by atoms with E-state index < -0.39 is 0 Å². The highest BCUT2D eigenvalue weighted by Crippen LogP contribution is 2.18. The molecule has 1 heterocycles. The minimum absolute atomic E-state index is 0.804. The number of nitrogens with zero attached hydrogens (tertiary/aromatic N) is 1. The fraction of sp³-hybridized carbons (Fsp3) is 0.682. The van der Waals surface area contributed by atoms with Crippen LogP contribution in [-0.2, 0) is 0 Å². The fourth-order valence-corrected chi connectivity index (χ4v) is 4.93. The number of aryl methyl sites for hydroxylation is 2. The van der Waals surface area contributed by atoms with Crippen LogP contribution in [0.1, 0.15) is 62.5 Å². The zero-order chi connectivity index (χ0) is 18.5. The van der Waals surface area contributed by atoms with Crippen molar-refractivity contribution in [3.05, 3.63) is 29.3 Å². The van der Waals surface area contributed by atoms with E-state index >= 15 is 0 Å². The maximum absolute atomic E-state index is 5.69. The fourth-order valence-electron chi connectivity index (χ4n) is 4.63. The summed E-state index contributed by atoms with van der Waals surface area (Å²) in [4.78, 5) is 4.15. The van der Waals surface area contributed by atoms with Crippen molar-refractivity contribution >= 4 is 23.0 Å². The van der Waals surface area contributed by atoms with Crippen molar-refractivity contribution < 1.29 is 4.90 Å². The number of hydrogen-bond acceptors (Lipinski definition) is 1. The Morgan fingerprint density at radius 2 is 1.58 bits per heavy atom. The highest BCUT2D eigenvalue weighted by Gasteiger charge is 2.31. The van der Waals surface area contributed by atoms with Gasteiger partial charge in [-0.2, -0.15) is 0 Å². The van der Waals surface area contributed by atoms with Crippen LogP contribution >= 0.6 is 12.2 Å². The summed E-state index contributed by atoms with van der Waals surface area (Å²) in [5.74, 6) is 0. The molecule has 3 rings (SSSR count). The second-order valence-corrected chi connectivity index (χ2v) is 8.81. The van der Waals surface area contributed by atoms with Crippen LogP contribution in [0.4, 0.5) is 5.69 Å². The summed E-state index contributed by atoms with van der Waals surface area (Å²) in [7, 11) is 2.45. The van der Waals surface area contributed by atoms with Crippen molar-refractivity contribution in [3.8, 4) is 0 Å². The lowest BCUT2D eigenvalue weighted by atomic mass is 9.99. The molecule has 3 nitrogen and oxygen atoms in total. The number of hydrogen-bond donors (Lipinski definition) is 2. The number of likely N-dealkylation sites (tertiary alicyclic amines) is 1. The number of thiocarbonyl (C=S) groups is 1. The van der Waals surface area contributed by atoms with Gasteiger partial charge in [-0.15, -0.1) is 0 Å². The smallest absolute Gasteiger partial charge is 0.173 e. The van der Waals surface area contributed by atoms with Gasteiger partial charge in [-0.3, -0.25) is 0 Å². The number of rotatable bonds is 3. The number of benzene rings is 1. The standard InChI is InChI=1S/C22H35N3S/c1-17-10-11-19(16-18(17)2)23-22(26)25-14-12-21(13-15-25)24(3)20-8-6-4-5-7-9-20/h10-11,16,20-21H,4-9,12-15H2,1-3H3,(H,23,26)/p+1. The Labute approximate surface area is 165 Å². The molecule has 1 aliphatic heterocycles. The number of piperidine rings is 1. The molecular weight excluding hydrogens is 338 g/mol. The zero-order valence-electron chi connectivity index (χ0n) is 16.8. The van der Waals surface area contributed by atoms with E-state index in [-0.39, 0.29) is 0 Å². The topological polar surface area (TPSA) is 19.7 Å². The molecule has 0 radical (unpaired) electrons. The van der Waals surface area contributed by atoms with Crippen molar-refractivity contribution in [3.63, 3.8) is 0 Å². The molecule has 144 valence electrons. The van der Waals surface area contributed by atoms with E-state index in [1.165, 1.54) is 62.5 Å². The molecule has 0 bridgehead atoms. The zero-order valence-corrected chi connectivity index (χ0v) is 17.6. The normalized spacial score (nSPS) is 21.3. The Bertz CT molecular complexity index is 599. The van der Waals surface area contributed by atoms with Crippen molar-refractivity contribution in [2.24, 2.45) is 0 Å². The van der Waals surface area contributed by atoms with Gasteiger partial charge in [0, 0.05) is 31.6 Å². The van der Waals surface area contributed by atoms with Gasteiger partial charge in [0.1, 0.15) is 0 Å². The highest BCUT2D eigenvalue weighted by molar-refractivity contribution is 7.80. The second kappa shape index (κ2) is 9.18. The van der Waals surface area contributed by atoms with E-state index in [9.17, 15) is 0 Å². The molecule has 0 aromatic heterocycles. The van der Waals surface area contributed by atoms with Gasteiger partial charge in [0.25, 0.3) is 0 Å². The van der Waals surface area contributed by atoms with Crippen LogP contribution < -0.4 is 10.2 Å². The van der Waals surface area contributed by atoms with Crippen molar-refractivity contribution in [1.82, 2.24) is 4.90 Å². The highest BCUT2D eigenvalue weighted by atomic mass is 32.1. The molecule has 26 heavy (non-hydrogen) atoms. The molecule has 1 aliphatic carbocycles. The first kappa shape index (κ1) is 19.6. The summed E-state index contributed by atoms with van der Waals surface area (Å²) >= 11 is 5.69. The number of nitrogens with one attached hydrogen (secondary N) is 2.